The average Bonchev–Trinajstić information content (AvgIpc) is 3.41. The largest absolute Gasteiger partial charge is 0.378 e. The topological polar surface area (TPSA) is 51.7 Å². The van der Waals surface area contributed by atoms with E-state index in [1.54, 1.807) is 11.3 Å². The minimum Gasteiger partial charge on any atom is -0.378 e. The molecule has 27 heavy (non-hydrogen) atoms. The van der Waals surface area contributed by atoms with Crippen LogP contribution in [0.1, 0.15) is 33.9 Å². The van der Waals surface area contributed by atoms with E-state index in [0.717, 1.165) is 30.4 Å². The van der Waals surface area contributed by atoms with Gasteiger partial charge in [0.1, 0.15) is 5.69 Å². The highest BCUT2D eigenvalue weighted by Crippen LogP contribution is 2.28. The van der Waals surface area contributed by atoms with Gasteiger partial charge in [0.05, 0.1) is 24.3 Å². The van der Waals surface area contributed by atoms with Gasteiger partial charge < -0.3 is 14.4 Å². The highest BCUT2D eigenvalue weighted by molar-refractivity contribution is 7.09. The number of carbonyl (C=O) groups excluding carboxylic acids is 1. The Kier molecular flexibility index (Phi) is 6.17. The number of nitrogens with zero attached hydrogens (tertiary/aromatic N) is 2. The summed E-state index contributed by atoms with van der Waals surface area (Å²) in [4.78, 5) is 19.2. The molecule has 0 N–H and O–H groups in total. The molecule has 0 radical (unpaired) electrons. The second-order valence-electron chi connectivity index (χ2n) is 7.34. The van der Waals surface area contributed by atoms with Gasteiger partial charge in [0.25, 0.3) is 5.91 Å². The van der Waals surface area contributed by atoms with Gasteiger partial charge >= 0.3 is 0 Å². The molecule has 1 amide bonds. The number of morpholine rings is 1. The van der Waals surface area contributed by atoms with Crippen molar-refractivity contribution < 1.29 is 14.3 Å². The van der Waals surface area contributed by atoms with Gasteiger partial charge in [-0.3, -0.25) is 4.79 Å². The van der Waals surface area contributed by atoms with Crippen molar-refractivity contribution in [2.75, 3.05) is 32.9 Å². The Balaban J connectivity index is 1.27. The van der Waals surface area contributed by atoms with Crippen LogP contribution in [0.5, 0.6) is 0 Å². The Morgan fingerprint density at radius 3 is 2.89 bits per heavy atom. The van der Waals surface area contributed by atoms with Crippen LogP contribution in [0.25, 0.3) is 0 Å². The van der Waals surface area contributed by atoms with Gasteiger partial charge in [-0.15, -0.1) is 11.3 Å². The van der Waals surface area contributed by atoms with E-state index in [1.807, 2.05) is 16.3 Å². The second-order valence-corrected chi connectivity index (χ2v) is 8.28. The average molecular weight is 387 g/mol. The first kappa shape index (κ1) is 18.6. The standard InChI is InChI=1S/C21H26N2O3S/c24-21(23-10-11-26-18(12-23)14-25-13-17-6-7-17)19-15-27-20(22-19)9-8-16-4-2-1-3-5-16/h1-5,15,17-18H,6-14H2/t18-/m0/s1. The van der Waals surface area contributed by atoms with Gasteiger partial charge in [0.15, 0.2) is 0 Å². The van der Waals surface area contributed by atoms with Gasteiger partial charge in [0.2, 0.25) is 0 Å². The van der Waals surface area contributed by atoms with E-state index in [2.05, 4.69) is 29.2 Å². The molecule has 6 heteroatoms. The summed E-state index contributed by atoms with van der Waals surface area (Å²) >= 11 is 1.57. The van der Waals surface area contributed by atoms with Gasteiger partial charge in [-0.2, -0.15) is 0 Å². The van der Waals surface area contributed by atoms with Gasteiger partial charge in [-0.1, -0.05) is 30.3 Å². The maximum Gasteiger partial charge on any atom is 0.273 e. The van der Waals surface area contributed by atoms with Gasteiger partial charge in [-0.25, -0.2) is 4.98 Å². The van der Waals surface area contributed by atoms with Crippen molar-refractivity contribution in [1.29, 1.82) is 0 Å². The van der Waals surface area contributed by atoms with Crippen molar-refractivity contribution in [3.8, 4) is 0 Å². The Morgan fingerprint density at radius 2 is 2.07 bits per heavy atom. The third-order valence-electron chi connectivity index (χ3n) is 5.02. The highest BCUT2D eigenvalue weighted by Gasteiger charge is 2.27. The van der Waals surface area contributed by atoms with Gasteiger partial charge in [-0.05, 0) is 30.7 Å². The number of rotatable bonds is 8. The molecule has 0 bridgehead atoms. The zero-order valence-electron chi connectivity index (χ0n) is 15.5. The molecule has 5 nitrogen and oxygen atoms in total. The molecule has 144 valence electrons. The summed E-state index contributed by atoms with van der Waals surface area (Å²) in [5.74, 6) is 0.753. The van der Waals surface area contributed by atoms with Crippen LogP contribution in [-0.2, 0) is 22.3 Å². The molecule has 2 aromatic rings. The van der Waals surface area contributed by atoms with E-state index in [-0.39, 0.29) is 12.0 Å². The predicted octanol–water partition coefficient (Wildman–Crippen LogP) is 3.20. The molecule has 0 unspecified atom stereocenters. The first-order valence-electron chi connectivity index (χ1n) is 9.75. The Morgan fingerprint density at radius 1 is 1.22 bits per heavy atom. The maximum absolute atomic E-state index is 12.8. The quantitative estimate of drug-likeness (QED) is 0.699. The van der Waals surface area contributed by atoms with E-state index in [4.69, 9.17) is 9.47 Å². The molecular weight excluding hydrogens is 360 g/mol. The fourth-order valence-corrected chi connectivity index (χ4v) is 4.01. The molecule has 1 aromatic heterocycles. The molecule has 1 saturated heterocycles. The van der Waals surface area contributed by atoms with E-state index in [0.29, 0.717) is 32.0 Å². The molecule has 1 atom stereocenters. The van der Waals surface area contributed by atoms with E-state index < -0.39 is 0 Å². The summed E-state index contributed by atoms with van der Waals surface area (Å²) in [7, 11) is 0. The molecule has 0 spiro atoms. The van der Waals surface area contributed by atoms with Crippen LogP contribution in [0, 0.1) is 5.92 Å². The third-order valence-corrected chi connectivity index (χ3v) is 5.93. The van der Waals surface area contributed by atoms with Crippen molar-refractivity contribution in [3.05, 3.63) is 52.0 Å². The van der Waals surface area contributed by atoms with Crippen molar-refractivity contribution in [2.24, 2.45) is 5.92 Å². The van der Waals surface area contributed by atoms with Gasteiger partial charge in [0, 0.05) is 31.5 Å². The van der Waals surface area contributed by atoms with Crippen LogP contribution in [0.4, 0.5) is 0 Å². The summed E-state index contributed by atoms with van der Waals surface area (Å²) in [6, 6.07) is 10.4. The Bertz CT molecular complexity index is 745. The molecule has 1 aliphatic carbocycles. The number of hydrogen-bond acceptors (Lipinski definition) is 5. The number of carbonyl (C=O) groups is 1. The zero-order valence-corrected chi connectivity index (χ0v) is 16.3. The molecule has 4 rings (SSSR count). The van der Waals surface area contributed by atoms with Crippen LogP contribution < -0.4 is 0 Å². The molecule has 1 aromatic carbocycles. The summed E-state index contributed by atoms with van der Waals surface area (Å²) < 4.78 is 11.5. The summed E-state index contributed by atoms with van der Waals surface area (Å²) in [6.07, 6.45) is 4.35. The number of amides is 1. The van der Waals surface area contributed by atoms with Crippen molar-refractivity contribution >= 4 is 17.2 Å². The first-order chi connectivity index (χ1) is 13.3. The zero-order chi connectivity index (χ0) is 18.5. The van der Waals surface area contributed by atoms with Crippen LogP contribution in [-0.4, -0.2) is 54.8 Å². The van der Waals surface area contributed by atoms with Crippen molar-refractivity contribution in [3.63, 3.8) is 0 Å². The maximum atomic E-state index is 12.8. The number of ether oxygens (including phenoxy) is 2. The molecule has 2 aliphatic rings. The molecule has 1 saturated carbocycles. The van der Waals surface area contributed by atoms with Crippen LogP contribution in [0.15, 0.2) is 35.7 Å². The lowest BCUT2D eigenvalue weighted by Gasteiger charge is -2.32. The molecule has 1 aliphatic heterocycles. The van der Waals surface area contributed by atoms with E-state index >= 15 is 0 Å². The fraction of sp³-hybridized carbons (Fsp3) is 0.524. The first-order valence-corrected chi connectivity index (χ1v) is 10.6. The lowest BCUT2D eigenvalue weighted by atomic mass is 10.1. The number of aryl methyl sites for hydroxylation is 2. The van der Waals surface area contributed by atoms with E-state index in [9.17, 15) is 4.79 Å². The summed E-state index contributed by atoms with van der Waals surface area (Å²) in [6.45, 7) is 3.16. The number of thiazole rings is 1. The molecular formula is C21H26N2O3S. The summed E-state index contributed by atoms with van der Waals surface area (Å²) in [5, 5.41) is 2.90. The lowest BCUT2D eigenvalue weighted by molar-refractivity contribution is -0.0629. The molecule has 2 heterocycles. The third kappa shape index (κ3) is 5.37. The van der Waals surface area contributed by atoms with Crippen LogP contribution in [0.3, 0.4) is 0 Å². The smallest absolute Gasteiger partial charge is 0.273 e. The van der Waals surface area contributed by atoms with Crippen LogP contribution >= 0.6 is 11.3 Å². The lowest BCUT2D eigenvalue weighted by Crippen LogP contribution is -2.47. The number of aromatic nitrogens is 1. The van der Waals surface area contributed by atoms with E-state index in [1.165, 1.54) is 18.4 Å². The minimum absolute atomic E-state index is 0.00713. The van der Waals surface area contributed by atoms with Crippen LogP contribution in [0.2, 0.25) is 0 Å². The number of hydrogen-bond donors (Lipinski definition) is 0. The summed E-state index contributed by atoms with van der Waals surface area (Å²) in [5.41, 5.74) is 1.85. The van der Waals surface area contributed by atoms with Crippen molar-refractivity contribution in [1.82, 2.24) is 9.88 Å². The second kappa shape index (κ2) is 8.95. The Hall–Kier alpha value is -1.76. The normalized spacial score (nSPS) is 20.0. The Labute approximate surface area is 164 Å². The fourth-order valence-electron chi connectivity index (χ4n) is 3.24. The SMILES string of the molecule is O=C(c1csc(CCc2ccccc2)n1)N1CCO[C@H](COCC2CC2)C1. The molecule has 2 fully saturated rings. The monoisotopic (exact) mass is 386 g/mol. The number of benzene rings is 1. The predicted molar refractivity (Wildman–Crippen MR) is 105 cm³/mol. The highest BCUT2D eigenvalue weighted by atomic mass is 32.1. The minimum atomic E-state index is -0.0300. The van der Waals surface area contributed by atoms with Crippen molar-refractivity contribution in [2.45, 2.75) is 31.8 Å².